The monoisotopic (exact) mass is 285 g/mol. The minimum atomic E-state index is -0.0784. The van der Waals surface area contributed by atoms with Crippen molar-refractivity contribution in [1.29, 1.82) is 0 Å². The van der Waals surface area contributed by atoms with Crippen LogP contribution in [0.15, 0.2) is 35.4 Å². The van der Waals surface area contributed by atoms with Gasteiger partial charge in [-0.2, -0.15) is 5.10 Å². The van der Waals surface area contributed by atoms with Crippen molar-refractivity contribution in [2.75, 3.05) is 30.4 Å². The van der Waals surface area contributed by atoms with Crippen molar-refractivity contribution in [2.45, 2.75) is 19.4 Å². The first-order chi connectivity index (χ1) is 10.3. The molecule has 1 fully saturated rings. The van der Waals surface area contributed by atoms with Gasteiger partial charge in [-0.05, 0) is 18.9 Å². The van der Waals surface area contributed by atoms with Crippen LogP contribution >= 0.6 is 0 Å². The van der Waals surface area contributed by atoms with E-state index in [2.05, 4.69) is 20.3 Å². The maximum atomic E-state index is 12.2. The number of pyridine rings is 1. The number of nitrogens with zero attached hydrogens (tertiary/aromatic N) is 4. The Hall–Kier alpha value is -2.37. The lowest BCUT2D eigenvalue weighted by Gasteiger charge is -2.17. The molecule has 0 aliphatic carbocycles. The molecule has 2 aromatic heterocycles. The van der Waals surface area contributed by atoms with Crippen LogP contribution in [0.25, 0.3) is 0 Å². The van der Waals surface area contributed by atoms with Crippen LogP contribution in [0.2, 0.25) is 0 Å². The summed E-state index contributed by atoms with van der Waals surface area (Å²) in [5, 5.41) is 7.33. The molecule has 3 rings (SSSR count). The van der Waals surface area contributed by atoms with Gasteiger partial charge in [-0.15, -0.1) is 0 Å². The molecule has 0 bridgehead atoms. The summed E-state index contributed by atoms with van der Waals surface area (Å²) in [7, 11) is 1.82. The largest absolute Gasteiger partial charge is 0.373 e. The van der Waals surface area contributed by atoms with Crippen molar-refractivity contribution in [3.63, 3.8) is 0 Å². The second kappa shape index (κ2) is 5.95. The fourth-order valence-corrected chi connectivity index (χ4v) is 2.64. The van der Waals surface area contributed by atoms with Crippen molar-refractivity contribution in [3.8, 4) is 0 Å². The highest BCUT2D eigenvalue weighted by Crippen LogP contribution is 2.17. The number of nitrogens with one attached hydrogen (secondary N) is 1. The summed E-state index contributed by atoms with van der Waals surface area (Å²) >= 11 is 0. The minimum absolute atomic E-state index is 0.0784. The zero-order valence-corrected chi connectivity index (χ0v) is 12.1. The molecule has 1 aliphatic heterocycles. The third-order valence-corrected chi connectivity index (χ3v) is 3.77. The molecule has 3 heterocycles. The molecule has 0 unspecified atom stereocenters. The first kappa shape index (κ1) is 13.6. The van der Waals surface area contributed by atoms with Gasteiger partial charge in [-0.1, -0.05) is 6.07 Å². The maximum absolute atomic E-state index is 12.2. The molecule has 0 aromatic carbocycles. The summed E-state index contributed by atoms with van der Waals surface area (Å²) in [5.74, 6) is 0.773. The molecule has 0 radical (unpaired) electrons. The Morgan fingerprint density at radius 1 is 1.33 bits per heavy atom. The minimum Gasteiger partial charge on any atom is -0.373 e. The van der Waals surface area contributed by atoms with E-state index in [9.17, 15) is 4.79 Å². The molecule has 0 saturated carbocycles. The lowest BCUT2D eigenvalue weighted by atomic mass is 10.2. The number of hydrogen-bond acceptors (Lipinski definition) is 5. The van der Waals surface area contributed by atoms with Gasteiger partial charge in [-0.25, -0.2) is 9.67 Å². The van der Waals surface area contributed by atoms with Gasteiger partial charge >= 0.3 is 0 Å². The lowest BCUT2D eigenvalue weighted by molar-refractivity contribution is 0.637. The fraction of sp³-hybridized carbons (Fsp3) is 0.400. The Bertz CT molecular complexity index is 676. The fourth-order valence-electron chi connectivity index (χ4n) is 2.64. The molecule has 1 saturated heterocycles. The standard InChI is InChI=1S/C15H19N5O/c1-16-15-12(5-4-6-17-15)11-20-14(21)9-13(10-18-20)19-7-2-3-8-19/h4-6,9-10H,2-3,7-8,11H2,1H3,(H,16,17). The van der Waals surface area contributed by atoms with E-state index in [4.69, 9.17) is 0 Å². The van der Waals surface area contributed by atoms with Gasteiger partial charge in [0.15, 0.2) is 0 Å². The lowest BCUT2D eigenvalue weighted by Crippen LogP contribution is -2.26. The first-order valence-corrected chi connectivity index (χ1v) is 7.21. The number of aromatic nitrogens is 3. The SMILES string of the molecule is CNc1ncccc1Cn1ncc(N2CCCC2)cc1=O. The highest BCUT2D eigenvalue weighted by molar-refractivity contribution is 5.45. The summed E-state index contributed by atoms with van der Waals surface area (Å²) in [6, 6.07) is 5.48. The van der Waals surface area contributed by atoms with E-state index in [1.54, 1.807) is 18.5 Å². The number of anilines is 2. The van der Waals surface area contributed by atoms with E-state index in [0.29, 0.717) is 6.54 Å². The van der Waals surface area contributed by atoms with Gasteiger partial charge in [0.2, 0.25) is 0 Å². The Morgan fingerprint density at radius 2 is 2.14 bits per heavy atom. The summed E-state index contributed by atoms with van der Waals surface area (Å²) in [4.78, 5) is 18.7. The predicted octanol–water partition coefficient (Wildman–Crippen LogP) is 1.33. The highest BCUT2D eigenvalue weighted by Gasteiger charge is 2.14. The Labute approximate surface area is 123 Å². The molecule has 6 heteroatoms. The van der Waals surface area contributed by atoms with Gasteiger partial charge in [0.25, 0.3) is 5.56 Å². The van der Waals surface area contributed by atoms with Gasteiger partial charge in [-0.3, -0.25) is 4.79 Å². The molecule has 2 aromatic rings. The quantitative estimate of drug-likeness (QED) is 0.918. The molecule has 0 amide bonds. The maximum Gasteiger partial charge on any atom is 0.269 e. The second-order valence-corrected chi connectivity index (χ2v) is 5.16. The average molecular weight is 285 g/mol. The van der Waals surface area contributed by atoms with Crippen molar-refractivity contribution in [2.24, 2.45) is 0 Å². The van der Waals surface area contributed by atoms with Gasteiger partial charge < -0.3 is 10.2 Å². The van der Waals surface area contributed by atoms with Crippen LogP contribution < -0.4 is 15.8 Å². The van der Waals surface area contributed by atoms with Crippen molar-refractivity contribution in [3.05, 3.63) is 46.5 Å². The van der Waals surface area contributed by atoms with E-state index in [0.717, 1.165) is 30.2 Å². The van der Waals surface area contributed by atoms with Crippen LogP contribution in [0, 0.1) is 0 Å². The van der Waals surface area contributed by atoms with Crippen molar-refractivity contribution in [1.82, 2.24) is 14.8 Å². The topological polar surface area (TPSA) is 63.1 Å². The zero-order valence-electron chi connectivity index (χ0n) is 12.1. The Kier molecular flexibility index (Phi) is 3.85. The molecule has 6 nitrogen and oxygen atoms in total. The third kappa shape index (κ3) is 2.89. The van der Waals surface area contributed by atoms with Crippen molar-refractivity contribution < 1.29 is 0 Å². The van der Waals surface area contributed by atoms with E-state index in [-0.39, 0.29) is 5.56 Å². The Morgan fingerprint density at radius 3 is 2.86 bits per heavy atom. The van der Waals surface area contributed by atoms with Gasteiger partial charge in [0.1, 0.15) is 5.82 Å². The van der Waals surface area contributed by atoms with Crippen LogP contribution in [-0.2, 0) is 6.54 Å². The number of rotatable bonds is 4. The number of hydrogen-bond donors (Lipinski definition) is 1. The van der Waals surface area contributed by atoms with Crippen molar-refractivity contribution >= 4 is 11.5 Å². The summed E-state index contributed by atoms with van der Waals surface area (Å²) < 4.78 is 1.47. The van der Waals surface area contributed by atoms with E-state index in [1.165, 1.54) is 17.5 Å². The molecule has 21 heavy (non-hydrogen) atoms. The normalized spacial score (nSPS) is 14.4. The second-order valence-electron chi connectivity index (χ2n) is 5.16. The Balaban J connectivity index is 1.84. The van der Waals surface area contributed by atoms with Crippen LogP contribution in [0.4, 0.5) is 11.5 Å². The molecule has 0 spiro atoms. The van der Waals surface area contributed by atoms with Gasteiger partial charge in [0.05, 0.1) is 18.4 Å². The summed E-state index contributed by atoms with van der Waals surface area (Å²) in [6.07, 6.45) is 5.87. The van der Waals surface area contributed by atoms with E-state index >= 15 is 0 Å². The first-order valence-electron chi connectivity index (χ1n) is 7.21. The van der Waals surface area contributed by atoms with Crippen LogP contribution in [0.1, 0.15) is 18.4 Å². The van der Waals surface area contributed by atoms with Crippen LogP contribution in [-0.4, -0.2) is 34.9 Å². The molecule has 1 N–H and O–H groups in total. The van der Waals surface area contributed by atoms with E-state index in [1.807, 2.05) is 19.2 Å². The highest BCUT2D eigenvalue weighted by atomic mass is 16.1. The average Bonchev–Trinajstić information content (AvgIpc) is 3.04. The molecule has 1 aliphatic rings. The van der Waals surface area contributed by atoms with Crippen LogP contribution in [0.5, 0.6) is 0 Å². The van der Waals surface area contributed by atoms with Gasteiger partial charge in [0, 0.05) is 38.0 Å². The zero-order chi connectivity index (χ0) is 14.7. The van der Waals surface area contributed by atoms with Crippen LogP contribution in [0.3, 0.4) is 0 Å². The predicted molar refractivity (Wildman–Crippen MR) is 82.8 cm³/mol. The summed E-state index contributed by atoms with van der Waals surface area (Å²) in [5.41, 5.74) is 1.79. The smallest absolute Gasteiger partial charge is 0.269 e. The molecular formula is C15H19N5O. The third-order valence-electron chi connectivity index (χ3n) is 3.77. The molecule has 0 atom stereocenters. The molecular weight excluding hydrogens is 266 g/mol. The van der Waals surface area contributed by atoms with E-state index < -0.39 is 0 Å². The molecule has 110 valence electrons. The summed E-state index contributed by atoms with van der Waals surface area (Å²) in [6.45, 7) is 2.44.